The summed E-state index contributed by atoms with van der Waals surface area (Å²) in [6.07, 6.45) is 5.67. The predicted molar refractivity (Wildman–Crippen MR) is 65.2 cm³/mol. The summed E-state index contributed by atoms with van der Waals surface area (Å²) < 4.78 is 2.11. The molecular weight excluding hydrogens is 220 g/mol. The molecule has 0 spiro atoms. The van der Waals surface area contributed by atoms with Crippen molar-refractivity contribution in [2.75, 3.05) is 6.54 Å². The van der Waals surface area contributed by atoms with Crippen LogP contribution in [0.5, 0.6) is 0 Å². The van der Waals surface area contributed by atoms with Gasteiger partial charge in [0.15, 0.2) is 0 Å². The number of hydrogen-bond acceptors (Lipinski definition) is 4. The minimum atomic E-state index is 0.591. The van der Waals surface area contributed by atoms with Crippen molar-refractivity contribution in [1.29, 1.82) is 0 Å². The molecule has 1 atom stereocenters. The van der Waals surface area contributed by atoms with Gasteiger partial charge >= 0.3 is 0 Å². The van der Waals surface area contributed by atoms with E-state index >= 15 is 0 Å². The van der Waals surface area contributed by atoms with E-state index in [1.54, 1.807) is 11.3 Å². The van der Waals surface area contributed by atoms with Crippen molar-refractivity contribution in [3.8, 4) is 0 Å². The number of nitrogens with zero attached hydrogens (tertiary/aromatic N) is 3. The molecule has 4 nitrogen and oxygen atoms in total. The lowest BCUT2D eigenvalue weighted by Gasteiger charge is -2.12. The third-order valence-electron chi connectivity index (χ3n) is 2.36. The average Bonchev–Trinajstić information content (AvgIpc) is 2.90. The number of hydrogen-bond donors (Lipinski definition) is 1. The van der Waals surface area contributed by atoms with Crippen LogP contribution in [0.1, 0.15) is 12.6 Å². The zero-order chi connectivity index (χ0) is 11.2. The lowest BCUT2D eigenvalue weighted by atomic mass is 10.2. The zero-order valence-electron chi connectivity index (χ0n) is 9.34. The Morgan fingerprint density at radius 3 is 3.19 bits per heavy atom. The van der Waals surface area contributed by atoms with Crippen LogP contribution in [0.15, 0.2) is 29.6 Å². The SMILES string of the molecule is CC(CNCc1cscn1)Cn1ccnc1. The fourth-order valence-electron chi connectivity index (χ4n) is 1.59. The molecule has 0 aliphatic rings. The van der Waals surface area contributed by atoms with Crippen LogP contribution in [0.3, 0.4) is 0 Å². The topological polar surface area (TPSA) is 42.7 Å². The second-order valence-corrected chi connectivity index (χ2v) is 4.69. The van der Waals surface area contributed by atoms with Crippen LogP contribution < -0.4 is 5.32 Å². The van der Waals surface area contributed by atoms with Gasteiger partial charge in [-0.3, -0.25) is 0 Å². The Morgan fingerprint density at radius 2 is 2.50 bits per heavy atom. The molecule has 86 valence electrons. The Morgan fingerprint density at radius 1 is 1.56 bits per heavy atom. The van der Waals surface area contributed by atoms with Crippen LogP contribution in [0.4, 0.5) is 0 Å². The van der Waals surface area contributed by atoms with Crippen LogP contribution in [0.25, 0.3) is 0 Å². The van der Waals surface area contributed by atoms with E-state index < -0.39 is 0 Å². The highest BCUT2D eigenvalue weighted by Crippen LogP contribution is 2.02. The van der Waals surface area contributed by atoms with E-state index in [1.807, 2.05) is 24.2 Å². The first kappa shape index (κ1) is 11.3. The van der Waals surface area contributed by atoms with Crippen molar-refractivity contribution in [1.82, 2.24) is 19.9 Å². The Labute approximate surface area is 99.4 Å². The van der Waals surface area contributed by atoms with Gasteiger partial charge in [0.1, 0.15) is 0 Å². The summed E-state index contributed by atoms with van der Waals surface area (Å²) in [4.78, 5) is 8.26. The van der Waals surface area contributed by atoms with Crippen LogP contribution in [0.2, 0.25) is 0 Å². The molecule has 2 heterocycles. The van der Waals surface area contributed by atoms with E-state index in [4.69, 9.17) is 0 Å². The molecule has 0 aromatic carbocycles. The van der Waals surface area contributed by atoms with Gasteiger partial charge < -0.3 is 9.88 Å². The first-order chi connectivity index (χ1) is 7.84. The Balaban J connectivity index is 1.66. The van der Waals surface area contributed by atoms with E-state index in [2.05, 4.69) is 32.2 Å². The summed E-state index contributed by atoms with van der Waals surface area (Å²) in [5.41, 5.74) is 2.99. The number of nitrogens with one attached hydrogen (secondary N) is 1. The van der Waals surface area contributed by atoms with Crippen molar-refractivity contribution in [2.24, 2.45) is 5.92 Å². The molecule has 0 saturated heterocycles. The first-order valence-electron chi connectivity index (χ1n) is 5.38. The smallest absolute Gasteiger partial charge is 0.0946 e. The number of thiazole rings is 1. The quantitative estimate of drug-likeness (QED) is 0.831. The minimum Gasteiger partial charge on any atom is -0.337 e. The Bertz CT molecular complexity index is 382. The number of rotatable bonds is 6. The molecule has 2 aromatic rings. The molecule has 0 bridgehead atoms. The van der Waals surface area contributed by atoms with Gasteiger partial charge in [-0.15, -0.1) is 11.3 Å². The third-order valence-corrected chi connectivity index (χ3v) is 3.00. The van der Waals surface area contributed by atoms with Gasteiger partial charge in [0.25, 0.3) is 0 Å². The van der Waals surface area contributed by atoms with E-state index in [0.29, 0.717) is 5.92 Å². The molecule has 2 aromatic heterocycles. The van der Waals surface area contributed by atoms with E-state index in [1.165, 1.54) is 0 Å². The first-order valence-corrected chi connectivity index (χ1v) is 6.32. The normalized spacial score (nSPS) is 12.8. The monoisotopic (exact) mass is 236 g/mol. The van der Waals surface area contributed by atoms with Gasteiger partial charge in [-0.25, -0.2) is 9.97 Å². The third kappa shape index (κ3) is 3.43. The lowest BCUT2D eigenvalue weighted by Crippen LogP contribution is -2.23. The average molecular weight is 236 g/mol. The van der Waals surface area contributed by atoms with Gasteiger partial charge in [-0.05, 0) is 12.5 Å². The molecule has 2 rings (SSSR count). The van der Waals surface area contributed by atoms with Gasteiger partial charge in [0.05, 0.1) is 17.5 Å². The van der Waals surface area contributed by atoms with Gasteiger partial charge in [0, 0.05) is 30.9 Å². The molecule has 16 heavy (non-hydrogen) atoms. The lowest BCUT2D eigenvalue weighted by molar-refractivity contribution is 0.444. The summed E-state index contributed by atoms with van der Waals surface area (Å²) in [5.74, 6) is 0.591. The zero-order valence-corrected chi connectivity index (χ0v) is 10.2. The van der Waals surface area contributed by atoms with E-state index in [9.17, 15) is 0 Å². The van der Waals surface area contributed by atoms with Crippen LogP contribution in [-0.2, 0) is 13.1 Å². The fraction of sp³-hybridized carbons (Fsp3) is 0.455. The summed E-state index contributed by atoms with van der Waals surface area (Å²) in [6, 6.07) is 0. The summed E-state index contributed by atoms with van der Waals surface area (Å²) in [7, 11) is 0. The molecule has 0 radical (unpaired) electrons. The van der Waals surface area contributed by atoms with E-state index in [0.717, 1.165) is 25.3 Å². The summed E-state index contributed by atoms with van der Waals surface area (Å²) in [5, 5.41) is 5.49. The summed E-state index contributed by atoms with van der Waals surface area (Å²) in [6.45, 7) is 5.09. The molecule has 0 aliphatic heterocycles. The molecule has 0 amide bonds. The second-order valence-electron chi connectivity index (χ2n) is 3.98. The second kappa shape index (κ2) is 5.77. The number of aromatic nitrogens is 3. The Kier molecular flexibility index (Phi) is 4.07. The Hall–Kier alpha value is -1.20. The molecule has 0 saturated carbocycles. The maximum atomic E-state index is 4.23. The van der Waals surface area contributed by atoms with Crippen molar-refractivity contribution in [3.63, 3.8) is 0 Å². The van der Waals surface area contributed by atoms with Crippen molar-refractivity contribution >= 4 is 11.3 Å². The molecular formula is C11H16N4S. The highest BCUT2D eigenvalue weighted by atomic mass is 32.1. The summed E-state index contributed by atoms with van der Waals surface area (Å²) >= 11 is 1.64. The van der Waals surface area contributed by atoms with Crippen LogP contribution in [0, 0.1) is 5.92 Å². The maximum absolute atomic E-state index is 4.23. The largest absolute Gasteiger partial charge is 0.337 e. The highest BCUT2D eigenvalue weighted by molar-refractivity contribution is 7.07. The maximum Gasteiger partial charge on any atom is 0.0946 e. The van der Waals surface area contributed by atoms with Crippen molar-refractivity contribution in [3.05, 3.63) is 35.3 Å². The van der Waals surface area contributed by atoms with Gasteiger partial charge in [-0.1, -0.05) is 6.92 Å². The molecule has 1 N–H and O–H groups in total. The van der Waals surface area contributed by atoms with Crippen molar-refractivity contribution in [2.45, 2.75) is 20.0 Å². The van der Waals surface area contributed by atoms with Crippen LogP contribution in [-0.4, -0.2) is 21.1 Å². The fourth-order valence-corrected chi connectivity index (χ4v) is 2.15. The van der Waals surface area contributed by atoms with Crippen LogP contribution >= 0.6 is 11.3 Å². The molecule has 0 fully saturated rings. The van der Waals surface area contributed by atoms with Gasteiger partial charge in [-0.2, -0.15) is 0 Å². The molecule has 5 heteroatoms. The van der Waals surface area contributed by atoms with E-state index in [-0.39, 0.29) is 0 Å². The molecule has 1 unspecified atom stereocenters. The van der Waals surface area contributed by atoms with Gasteiger partial charge in [0.2, 0.25) is 0 Å². The molecule has 0 aliphatic carbocycles. The highest BCUT2D eigenvalue weighted by Gasteiger charge is 2.02. The standard InChI is InChI=1S/C11H16N4S/c1-10(6-15-3-2-12-8-15)4-13-5-11-7-16-9-14-11/h2-3,7-10,13H,4-6H2,1H3. The van der Waals surface area contributed by atoms with Crippen molar-refractivity contribution < 1.29 is 0 Å². The minimum absolute atomic E-state index is 0.591. The number of imidazole rings is 1. The predicted octanol–water partition coefficient (Wildman–Crippen LogP) is 1.77.